The topological polar surface area (TPSA) is 103 Å². The monoisotopic (exact) mass is 328 g/mol. The van der Waals surface area contributed by atoms with Crippen LogP contribution in [-0.4, -0.2) is 28.3 Å². The average Bonchev–Trinajstić information content (AvgIpc) is 3.24. The van der Waals surface area contributed by atoms with Gasteiger partial charge >= 0.3 is 0 Å². The predicted molar refractivity (Wildman–Crippen MR) is 83.4 cm³/mol. The molecule has 0 aliphatic rings. The van der Waals surface area contributed by atoms with E-state index in [9.17, 15) is 4.79 Å². The summed E-state index contributed by atoms with van der Waals surface area (Å²) >= 11 is 0. The molecule has 2 heterocycles. The summed E-state index contributed by atoms with van der Waals surface area (Å²) < 4.78 is 15.3. The van der Waals surface area contributed by atoms with Gasteiger partial charge in [-0.25, -0.2) is 0 Å². The summed E-state index contributed by atoms with van der Waals surface area (Å²) in [6.45, 7) is 3.48. The first kappa shape index (κ1) is 15.7. The molecule has 0 spiro atoms. The predicted octanol–water partition coefficient (Wildman–Crippen LogP) is 2.53. The molecule has 1 aromatic carbocycles. The van der Waals surface area contributed by atoms with Crippen molar-refractivity contribution in [3.63, 3.8) is 0 Å². The molecule has 8 nitrogen and oxygen atoms in total. The minimum absolute atomic E-state index is 0.131. The number of hydrogen-bond acceptors (Lipinski definition) is 7. The summed E-state index contributed by atoms with van der Waals surface area (Å²) in [7, 11) is 1.59. The summed E-state index contributed by atoms with van der Waals surface area (Å²) in [6, 6.07) is 8.38. The van der Waals surface area contributed by atoms with Gasteiger partial charge in [0.2, 0.25) is 17.5 Å². The molecule has 0 saturated carbocycles. The van der Waals surface area contributed by atoms with Gasteiger partial charge in [0.05, 0.1) is 12.8 Å². The van der Waals surface area contributed by atoms with E-state index in [2.05, 4.69) is 20.6 Å². The number of carbonyl (C=O) groups excluding carboxylic acids is 1. The van der Waals surface area contributed by atoms with Gasteiger partial charge in [0, 0.05) is 11.6 Å². The van der Waals surface area contributed by atoms with E-state index in [1.54, 1.807) is 33.1 Å². The van der Waals surface area contributed by atoms with Crippen LogP contribution in [0.3, 0.4) is 0 Å². The zero-order chi connectivity index (χ0) is 17.1. The molecule has 1 unspecified atom stereocenters. The largest absolute Gasteiger partial charge is 0.497 e. The molecule has 2 aromatic heterocycles. The van der Waals surface area contributed by atoms with Crippen LogP contribution in [0.1, 0.15) is 35.1 Å². The van der Waals surface area contributed by atoms with Gasteiger partial charge in [-0.2, -0.15) is 4.98 Å². The Kier molecular flexibility index (Phi) is 4.28. The molecule has 3 rings (SSSR count). The third-order valence-corrected chi connectivity index (χ3v) is 3.34. The van der Waals surface area contributed by atoms with Gasteiger partial charge in [-0.15, -0.1) is 0 Å². The summed E-state index contributed by atoms with van der Waals surface area (Å²) in [5, 5.41) is 10.3. The Morgan fingerprint density at radius 1 is 1.25 bits per heavy atom. The molecule has 1 atom stereocenters. The van der Waals surface area contributed by atoms with E-state index in [0.29, 0.717) is 17.3 Å². The van der Waals surface area contributed by atoms with Crippen LogP contribution >= 0.6 is 0 Å². The highest BCUT2D eigenvalue weighted by atomic mass is 16.5. The number of carbonyl (C=O) groups is 1. The number of aromatic nitrogens is 3. The average molecular weight is 328 g/mol. The summed E-state index contributed by atoms with van der Waals surface area (Å²) in [5.74, 6) is 1.13. The van der Waals surface area contributed by atoms with Gasteiger partial charge in [-0.05, 0) is 26.0 Å². The van der Waals surface area contributed by atoms with Gasteiger partial charge in [0.1, 0.15) is 11.8 Å². The van der Waals surface area contributed by atoms with Crippen LogP contribution in [0.25, 0.3) is 11.4 Å². The van der Waals surface area contributed by atoms with Gasteiger partial charge in [-0.3, -0.25) is 4.79 Å². The van der Waals surface area contributed by atoms with E-state index in [0.717, 1.165) is 5.56 Å². The molecular formula is C16H16N4O4. The van der Waals surface area contributed by atoms with E-state index in [-0.39, 0.29) is 11.7 Å². The standard InChI is InChI=1S/C16H16N4O4/c1-9-7-13(23-19-9)15(21)17-10(2)16-18-14(20-24-16)11-5-4-6-12(8-11)22-3/h4-8,10H,1-3H3,(H,17,21). The maximum absolute atomic E-state index is 12.1. The number of ether oxygens (including phenoxy) is 1. The number of nitrogens with zero attached hydrogens (tertiary/aromatic N) is 3. The SMILES string of the molecule is COc1cccc(-c2noc(C(C)NC(=O)c3cc(C)no3)n2)c1. The quantitative estimate of drug-likeness (QED) is 0.767. The molecule has 0 bridgehead atoms. The highest BCUT2D eigenvalue weighted by Gasteiger charge is 2.20. The molecule has 1 N–H and O–H groups in total. The second kappa shape index (κ2) is 6.53. The first-order valence-electron chi connectivity index (χ1n) is 7.29. The summed E-state index contributed by atoms with van der Waals surface area (Å²) in [6.07, 6.45) is 0. The van der Waals surface area contributed by atoms with E-state index in [1.165, 1.54) is 0 Å². The molecule has 0 radical (unpaired) electrons. The number of amides is 1. The maximum atomic E-state index is 12.1. The number of benzene rings is 1. The lowest BCUT2D eigenvalue weighted by molar-refractivity contribution is 0.0895. The fourth-order valence-corrected chi connectivity index (χ4v) is 2.09. The Hall–Kier alpha value is -3.16. The Labute approximate surface area is 137 Å². The van der Waals surface area contributed by atoms with Crippen molar-refractivity contribution in [2.45, 2.75) is 19.9 Å². The van der Waals surface area contributed by atoms with Crippen LogP contribution in [-0.2, 0) is 0 Å². The Morgan fingerprint density at radius 2 is 2.08 bits per heavy atom. The molecule has 0 saturated heterocycles. The molecule has 1 amide bonds. The van der Waals surface area contributed by atoms with Gasteiger partial charge in [-0.1, -0.05) is 22.4 Å². The highest BCUT2D eigenvalue weighted by molar-refractivity contribution is 5.91. The molecule has 124 valence electrons. The van der Waals surface area contributed by atoms with Crippen LogP contribution in [0, 0.1) is 6.92 Å². The Morgan fingerprint density at radius 3 is 2.79 bits per heavy atom. The zero-order valence-corrected chi connectivity index (χ0v) is 13.4. The lowest BCUT2D eigenvalue weighted by atomic mass is 10.2. The van der Waals surface area contributed by atoms with Crippen molar-refractivity contribution in [1.29, 1.82) is 0 Å². The lowest BCUT2D eigenvalue weighted by Crippen LogP contribution is -2.26. The lowest BCUT2D eigenvalue weighted by Gasteiger charge is -2.07. The minimum Gasteiger partial charge on any atom is -0.497 e. The van der Waals surface area contributed by atoms with Gasteiger partial charge in [0.15, 0.2) is 0 Å². The van der Waals surface area contributed by atoms with Gasteiger partial charge < -0.3 is 19.1 Å². The smallest absolute Gasteiger partial charge is 0.290 e. The number of hydrogen-bond donors (Lipinski definition) is 1. The third kappa shape index (κ3) is 3.27. The fraction of sp³-hybridized carbons (Fsp3) is 0.250. The number of aryl methyl sites for hydroxylation is 1. The third-order valence-electron chi connectivity index (χ3n) is 3.34. The van der Waals surface area contributed by atoms with Crippen LogP contribution in [0.4, 0.5) is 0 Å². The van der Waals surface area contributed by atoms with Crippen LogP contribution in [0.2, 0.25) is 0 Å². The van der Waals surface area contributed by atoms with Crippen molar-refractivity contribution in [2.24, 2.45) is 0 Å². The molecular weight excluding hydrogens is 312 g/mol. The van der Waals surface area contributed by atoms with Crippen molar-refractivity contribution >= 4 is 5.91 Å². The van der Waals surface area contributed by atoms with Crippen LogP contribution in [0.5, 0.6) is 5.75 Å². The first-order chi connectivity index (χ1) is 11.6. The number of rotatable bonds is 5. The second-order valence-corrected chi connectivity index (χ2v) is 5.22. The Balaban J connectivity index is 1.73. The molecule has 0 fully saturated rings. The van der Waals surface area contributed by atoms with Gasteiger partial charge in [0.25, 0.3) is 5.91 Å². The van der Waals surface area contributed by atoms with Crippen molar-refractivity contribution in [3.8, 4) is 17.1 Å². The fourth-order valence-electron chi connectivity index (χ4n) is 2.09. The second-order valence-electron chi connectivity index (χ2n) is 5.22. The van der Waals surface area contributed by atoms with Crippen molar-refractivity contribution in [1.82, 2.24) is 20.6 Å². The summed E-state index contributed by atoms with van der Waals surface area (Å²) in [5.41, 5.74) is 1.39. The number of nitrogens with one attached hydrogen (secondary N) is 1. The van der Waals surface area contributed by atoms with Crippen LogP contribution < -0.4 is 10.1 Å². The normalized spacial score (nSPS) is 12.0. The highest BCUT2D eigenvalue weighted by Crippen LogP contribution is 2.22. The molecule has 0 aliphatic carbocycles. The van der Waals surface area contributed by atoms with E-state index < -0.39 is 11.9 Å². The van der Waals surface area contributed by atoms with E-state index in [4.69, 9.17) is 13.8 Å². The molecule has 8 heteroatoms. The first-order valence-corrected chi connectivity index (χ1v) is 7.29. The van der Waals surface area contributed by atoms with Crippen molar-refractivity contribution < 1.29 is 18.6 Å². The van der Waals surface area contributed by atoms with Crippen molar-refractivity contribution in [3.05, 3.63) is 47.7 Å². The zero-order valence-electron chi connectivity index (χ0n) is 13.4. The van der Waals surface area contributed by atoms with E-state index in [1.807, 2.05) is 18.2 Å². The number of methoxy groups -OCH3 is 1. The van der Waals surface area contributed by atoms with E-state index >= 15 is 0 Å². The maximum Gasteiger partial charge on any atom is 0.290 e. The molecule has 3 aromatic rings. The minimum atomic E-state index is -0.477. The molecule has 24 heavy (non-hydrogen) atoms. The Bertz CT molecular complexity index is 855. The molecule has 0 aliphatic heterocycles. The summed E-state index contributed by atoms with van der Waals surface area (Å²) in [4.78, 5) is 16.4. The van der Waals surface area contributed by atoms with Crippen molar-refractivity contribution in [2.75, 3.05) is 7.11 Å². The van der Waals surface area contributed by atoms with Crippen LogP contribution in [0.15, 0.2) is 39.4 Å².